The first-order chi connectivity index (χ1) is 9.19. The summed E-state index contributed by atoms with van der Waals surface area (Å²) < 4.78 is 0. The molecule has 0 radical (unpaired) electrons. The van der Waals surface area contributed by atoms with Gasteiger partial charge in [0.15, 0.2) is 0 Å². The highest BCUT2D eigenvalue weighted by Gasteiger charge is 2.18. The SMILES string of the molecule is CC(CCN)Nc1ncc(C2CCN(C)CC2)cn1. The first-order valence-electron chi connectivity index (χ1n) is 7.16. The third-order valence-electron chi connectivity index (χ3n) is 3.84. The molecule has 1 aromatic heterocycles. The van der Waals surface area contributed by atoms with Crippen molar-refractivity contribution in [3.8, 4) is 0 Å². The lowest BCUT2D eigenvalue weighted by Crippen LogP contribution is -2.29. The number of hydrogen-bond acceptors (Lipinski definition) is 5. The Hall–Kier alpha value is -1.20. The van der Waals surface area contributed by atoms with Crippen LogP contribution in [0.3, 0.4) is 0 Å². The van der Waals surface area contributed by atoms with Gasteiger partial charge in [-0.3, -0.25) is 0 Å². The van der Waals surface area contributed by atoms with E-state index in [1.54, 1.807) is 0 Å². The van der Waals surface area contributed by atoms with Crippen LogP contribution < -0.4 is 11.1 Å². The number of rotatable bonds is 5. The van der Waals surface area contributed by atoms with Crippen molar-refractivity contribution in [3.05, 3.63) is 18.0 Å². The molecule has 0 aromatic carbocycles. The fourth-order valence-corrected chi connectivity index (χ4v) is 2.51. The highest BCUT2D eigenvalue weighted by Crippen LogP contribution is 2.26. The second-order valence-electron chi connectivity index (χ2n) is 5.54. The van der Waals surface area contributed by atoms with Gasteiger partial charge in [-0.05, 0) is 64.3 Å². The number of piperidine rings is 1. The minimum atomic E-state index is 0.319. The van der Waals surface area contributed by atoms with Crippen LogP contribution in [0.1, 0.15) is 37.7 Å². The van der Waals surface area contributed by atoms with E-state index < -0.39 is 0 Å². The van der Waals surface area contributed by atoms with Gasteiger partial charge in [-0.15, -0.1) is 0 Å². The van der Waals surface area contributed by atoms with E-state index >= 15 is 0 Å². The van der Waals surface area contributed by atoms with E-state index in [0.717, 1.165) is 19.5 Å². The largest absolute Gasteiger partial charge is 0.352 e. The maximum Gasteiger partial charge on any atom is 0.222 e. The zero-order valence-corrected chi connectivity index (χ0v) is 12.0. The van der Waals surface area contributed by atoms with Gasteiger partial charge in [0.25, 0.3) is 0 Å². The molecule has 0 amide bonds. The van der Waals surface area contributed by atoms with Gasteiger partial charge in [0.2, 0.25) is 5.95 Å². The minimum absolute atomic E-state index is 0.319. The quantitative estimate of drug-likeness (QED) is 0.841. The lowest BCUT2D eigenvalue weighted by molar-refractivity contribution is 0.255. The first-order valence-corrected chi connectivity index (χ1v) is 7.16. The molecule has 1 fully saturated rings. The Labute approximate surface area is 115 Å². The summed E-state index contributed by atoms with van der Waals surface area (Å²) >= 11 is 0. The van der Waals surface area contributed by atoms with Gasteiger partial charge in [-0.25, -0.2) is 9.97 Å². The molecular formula is C14H25N5. The van der Waals surface area contributed by atoms with E-state index in [-0.39, 0.29) is 0 Å². The molecule has 0 saturated carbocycles. The maximum atomic E-state index is 5.53. The number of likely N-dealkylation sites (tertiary alicyclic amines) is 1. The number of nitrogens with zero attached hydrogens (tertiary/aromatic N) is 3. The van der Waals surface area contributed by atoms with Gasteiger partial charge >= 0.3 is 0 Å². The number of anilines is 1. The number of hydrogen-bond donors (Lipinski definition) is 2. The molecule has 0 aliphatic carbocycles. The molecule has 5 heteroatoms. The Balaban J connectivity index is 1.91. The molecule has 1 unspecified atom stereocenters. The van der Waals surface area contributed by atoms with Crippen LogP contribution in [0.15, 0.2) is 12.4 Å². The summed E-state index contributed by atoms with van der Waals surface area (Å²) in [5, 5.41) is 3.27. The average molecular weight is 263 g/mol. The van der Waals surface area contributed by atoms with E-state index in [1.807, 2.05) is 12.4 Å². The van der Waals surface area contributed by atoms with Crippen LogP contribution in [0.5, 0.6) is 0 Å². The van der Waals surface area contributed by atoms with Crippen molar-refractivity contribution in [1.82, 2.24) is 14.9 Å². The van der Waals surface area contributed by atoms with Gasteiger partial charge < -0.3 is 16.0 Å². The van der Waals surface area contributed by atoms with Crippen molar-refractivity contribution in [1.29, 1.82) is 0 Å². The fourth-order valence-electron chi connectivity index (χ4n) is 2.51. The minimum Gasteiger partial charge on any atom is -0.352 e. The van der Waals surface area contributed by atoms with Crippen molar-refractivity contribution in [2.24, 2.45) is 5.73 Å². The Kier molecular flexibility index (Phi) is 5.10. The molecule has 1 aromatic rings. The van der Waals surface area contributed by atoms with E-state index in [9.17, 15) is 0 Å². The van der Waals surface area contributed by atoms with Crippen LogP contribution in [0.4, 0.5) is 5.95 Å². The molecule has 1 aliphatic rings. The van der Waals surface area contributed by atoms with Crippen molar-refractivity contribution < 1.29 is 0 Å². The predicted octanol–water partition coefficient (Wildman–Crippen LogP) is 1.43. The normalized spacial score (nSPS) is 19.3. The van der Waals surface area contributed by atoms with Crippen molar-refractivity contribution >= 4 is 5.95 Å². The molecule has 1 atom stereocenters. The molecular weight excluding hydrogens is 238 g/mol. The van der Waals surface area contributed by atoms with Crippen LogP contribution >= 0.6 is 0 Å². The molecule has 1 aliphatic heterocycles. The highest BCUT2D eigenvalue weighted by molar-refractivity contribution is 5.27. The van der Waals surface area contributed by atoms with Crippen molar-refractivity contribution in [3.63, 3.8) is 0 Å². The smallest absolute Gasteiger partial charge is 0.222 e. The molecule has 0 bridgehead atoms. The Morgan fingerprint density at radius 1 is 1.37 bits per heavy atom. The fraction of sp³-hybridized carbons (Fsp3) is 0.714. The Morgan fingerprint density at radius 3 is 2.58 bits per heavy atom. The van der Waals surface area contributed by atoms with Crippen LogP contribution in [0.25, 0.3) is 0 Å². The molecule has 1 saturated heterocycles. The molecule has 2 heterocycles. The summed E-state index contributed by atoms with van der Waals surface area (Å²) in [6.45, 7) is 5.11. The lowest BCUT2D eigenvalue weighted by atomic mass is 9.92. The summed E-state index contributed by atoms with van der Waals surface area (Å²) in [7, 11) is 2.18. The molecule has 106 valence electrons. The summed E-state index contributed by atoms with van der Waals surface area (Å²) in [6, 6.07) is 0.319. The average Bonchev–Trinajstić information content (AvgIpc) is 2.41. The number of nitrogens with one attached hydrogen (secondary N) is 1. The van der Waals surface area contributed by atoms with Crippen LogP contribution in [0.2, 0.25) is 0 Å². The second-order valence-corrected chi connectivity index (χ2v) is 5.54. The Morgan fingerprint density at radius 2 is 2.00 bits per heavy atom. The zero-order valence-electron chi connectivity index (χ0n) is 12.0. The van der Waals surface area contributed by atoms with Gasteiger partial charge in [0.05, 0.1) is 0 Å². The first kappa shape index (κ1) is 14.2. The van der Waals surface area contributed by atoms with E-state index in [1.165, 1.54) is 18.4 Å². The molecule has 5 nitrogen and oxygen atoms in total. The Bertz CT molecular complexity index is 370. The summed E-state index contributed by atoms with van der Waals surface area (Å²) in [5.41, 5.74) is 6.80. The molecule has 19 heavy (non-hydrogen) atoms. The van der Waals surface area contributed by atoms with Crippen molar-refractivity contribution in [2.75, 3.05) is 32.0 Å². The summed E-state index contributed by atoms with van der Waals surface area (Å²) in [6.07, 6.45) is 7.29. The lowest BCUT2D eigenvalue weighted by Gasteiger charge is -2.28. The monoisotopic (exact) mass is 263 g/mol. The molecule has 2 rings (SSSR count). The third kappa shape index (κ3) is 4.14. The van der Waals surface area contributed by atoms with Crippen LogP contribution in [-0.2, 0) is 0 Å². The number of nitrogens with two attached hydrogens (primary N) is 1. The van der Waals surface area contributed by atoms with Crippen LogP contribution in [0, 0.1) is 0 Å². The zero-order chi connectivity index (χ0) is 13.7. The predicted molar refractivity (Wildman–Crippen MR) is 78.3 cm³/mol. The third-order valence-corrected chi connectivity index (χ3v) is 3.84. The summed E-state index contributed by atoms with van der Waals surface area (Å²) in [5.74, 6) is 1.32. The van der Waals surface area contributed by atoms with E-state index in [4.69, 9.17) is 5.73 Å². The molecule has 0 spiro atoms. The summed E-state index contributed by atoms with van der Waals surface area (Å²) in [4.78, 5) is 11.2. The van der Waals surface area contributed by atoms with Gasteiger partial charge in [0.1, 0.15) is 0 Å². The second kappa shape index (κ2) is 6.82. The van der Waals surface area contributed by atoms with Gasteiger partial charge in [-0.2, -0.15) is 0 Å². The van der Waals surface area contributed by atoms with Crippen molar-refractivity contribution in [2.45, 2.75) is 38.1 Å². The van der Waals surface area contributed by atoms with E-state index in [0.29, 0.717) is 24.5 Å². The standard InChI is InChI=1S/C14H25N5/c1-11(3-6-15)18-14-16-9-13(10-17-14)12-4-7-19(2)8-5-12/h9-12H,3-8,15H2,1-2H3,(H,16,17,18). The molecule has 3 N–H and O–H groups in total. The maximum absolute atomic E-state index is 5.53. The topological polar surface area (TPSA) is 67.1 Å². The number of aromatic nitrogens is 2. The van der Waals surface area contributed by atoms with Crippen LogP contribution in [-0.4, -0.2) is 47.6 Å². The highest BCUT2D eigenvalue weighted by atomic mass is 15.1. The van der Waals surface area contributed by atoms with E-state index in [2.05, 4.69) is 34.2 Å². The van der Waals surface area contributed by atoms with Gasteiger partial charge in [0, 0.05) is 18.4 Å². The van der Waals surface area contributed by atoms with Gasteiger partial charge in [-0.1, -0.05) is 0 Å².